The number of benzene rings is 1. The predicted octanol–water partition coefficient (Wildman–Crippen LogP) is 3.03. The highest BCUT2D eigenvalue weighted by Crippen LogP contribution is 2.24. The van der Waals surface area contributed by atoms with Crippen molar-refractivity contribution in [3.63, 3.8) is 0 Å². The topological polar surface area (TPSA) is 67.9 Å². The number of nitrogens with one attached hydrogen (secondary N) is 1. The molecule has 1 atom stereocenters. The van der Waals surface area contributed by atoms with Crippen molar-refractivity contribution in [2.75, 3.05) is 19.7 Å². The fourth-order valence-corrected chi connectivity index (χ4v) is 2.75. The monoisotopic (exact) mass is 366 g/mol. The molecule has 26 heavy (non-hydrogen) atoms. The van der Waals surface area contributed by atoms with E-state index in [0.717, 1.165) is 0 Å². The molecule has 144 valence electrons. The molecule has 0 bridgehead atoms. The van der Waals surface area contributed by atoms with E-state index in [2.05, 4.69) is 5.32 Å². The van der Waals surface area contributed by atoms with Gasteiger partial charge in [0.2, 0.25) is 5.91 Å². The molecular formula is C19H27FN2O4. The maximum absolute atomic E-state index is 13.4. The van der Waals surface area contributed by atoms with Crippen LogP contribution in [0, 0.1) is 5.82 Å². The van der Waals surface area contributed by atoms with Crippen molar-refractivity contribution in [1.82, 2.24) is 10.2 Å². The Kier molecular flexibility index (Phi) is 5.91. The summed E-state index contributed by atoms with van der Waals surface area (Å²) >= 11 is 0. The summed E-state index contributed by atoms with van der Waals surface area (Å²) in [5, 5.41) is 2.62. The maximum atomic E-state index is 13.4. The van der Waals surface area contributed by atoms with Gasteiger partial charge < -0.3 is 19.7 Å². The van der Waals surface area contributed by atoms with Gasteiger partial charge in [-0.3, -0.25) is 4.79 Å². The molecule has 7 heteroatoms. The molecule has 1 saturated heterocycles. The molecule has 0 spiro atoms. The average molecular weight is 366 g/mol. The van der Waals surface area contributed by atoms with Crippen molar-refractivity contribution >= 4 is 12.0 Å². The zero-order valence-corrected chi connectivity index (χ0v) is 16.0. The Morgan fingerprint density at radius 3 is 2.58 bits per heavy atom. The highest BCUT2D eigenvalue weighted by Gasteiger charge is 2.37. The molecule has 0 aliphatic carbocycles. The van der Waals surface area contributed by atoms with Gasteiger partial charge >= 0.3 is 6.09 Å². The van der Waals surface area contributed by atoms with E-state index < -0.39 is 23.3 Å². The normalized spacial score (nSPS) is 18.4. The molecule has 6 nitrogen and oxygen atoms in total. The van der Waals surface area contributed by atoms with Crippen molar-refractivity contribution in [2.45, 2.75) is 51.9 Å². The Morgan fingerprint density at radius 2 is 1.96 bits per heavy atom. The number of carbonyl (C=O) groups is 2. The summed E-state index contributed by atoms with van der Waals surface area (Å²) in [5.41, 5.74) is -1.10. The number of amides is 2. The van der Waals surface area contributed by atoms with Crippen LogP contribution in [0.1, 0.15) is 46.3 Å². The number of nitrogens with zero attached hydrogens (tertiary/aromatic N) is 1. The lowest BCUT2D eigenvalue weighted by atomic mass is 10.0. The van der Waals surface area contributed by atoms with Gasteiger partial charge in [0, 0.05) is 6.54 Å². The minimum atomic E-state index is -1.13. The van der Waals surface area contributed by atoms with E-state index >= 15 is 0 Å². The van der Waals surface area contributed by atoms with Gasteiger partial charge in [-0.2, -0.15) is 0 Å². The van der Waals surface area contributed by atoms with Gasteiger partial charge in [-0.1, -0.05) is 12.1 Å². The number of alkyl carbamates (subject to hydrolysis) is 1. The van der Waals surface area contributed by atoms with E-state index in [0.29, 0.717) is 25.3 Å². The molecule has 2 amide bonds. The summed E-state index contributed by atoms with van der Waals surface area (Å²) in [5.74, 6) is -0.588. The van der Waals surface area contributed by atoms with Crippen LogP contribution in [-0.2, 0) is 14.3 Å². The summed E-state index contributed by atoms with van der Waals surface area (Å²) < 4.78 is 24.4. The van der Waals surface area contributed by atoms with Crippen LogP contribution >= 0.6 is 0 Å². The first-order valence-corrected chi connectivity index (χ1v) is 8.65. The lowest BCUT2D eigenvalue weighted by Gasteiger charge is -2.38. The third-order valence-electron chi connectivity index (χ3n) is 3.92. The number of hydrogen-bond donors (Lipinski definition) is 1. The Balaban J connectivity index is 2.04. The van der Waals surface area contributed by atoms with Crippen LogP contribution in [0.15, 0.2) is 24.3 Å². The number of ether oxygens (including phenoxy) is 2. The van der Waals surface area contributed by atoms with Gasteiger partial charge in [-0.25, -0.2) is 9.18 Å². The van der Waals surface area contributed by atoms with Gasteiger partial charge in [-0.15, -0.1) is 0 Å². The van der Waals surface area contributed by atoms with E-state index in [9.17, 15) is 14.0 Å². The molecule has 1 aliphatic heterocycles. The van der Waals surface area contributed by atoms with Gasteiger partial charge in [0.1, 0.15) is 23.1 Å². The quantitative estimate of drug-likeness (QED) is 0.893. The van der Waals surface area contributed by atoms with Crippen LogP contribution in [0.4, 0.5) is 9.18 Å². The van der Waals surface area contributed by atoms with Gasteiger partial charge in [0.25, 0.3) is 0 Å². The molecule has 1 unspecified atom stereocenters. The van der Waals surface area contributed by atoms with E-state index in [4.69, 9.17) is 9.47 Å². The molecule has 0 aromatic heterocycles. The summed E-state index contributed by atoms with van der Waals surface area (Å²) in [6.07, 6.45) is -1.05. The Bertz CT molecular complexity index is 670. The van der Waals surface area contributed by atoms with Crippen LogP contribution in [0.2, 0.25) is 0 Å². The smallest absolute Gasteiger partial charge is 0.408 e. The lowest BCUT2D eigenvalue weighted by molar-refractivity contribution is -0.144. The van der Waals surface area contributed by atoms with Crippen LogP contribution in [0.3, 0.4) is 0 Å². The molecule has 0 radical (unpaired) electrons. The fourth-order valence-electron chi connectivity index (χ4n) is 2.75. The van der Waals surface area contributed by atoms with Crippen molar-refractivity contribution in [2.24, 2.45) is 0 Å². The SMILES string of the molecule is CC(C)(C)OC(=O)NC(C)(C)C(=O)N1CCOC(c2cccc(F)c2)C1. The van der Waals surface area contributed by atoms with Crippen molar-refractivity contribution < 1.29 is 23.5 Å². The first-order valence-electron chi connectivity index (χ1n) is 8.65. The van der Waals surface area contributed by atoms with Crippen molar-refractivity contribution in [3.05, 3.63) is 35.6 Å². The minimum absolute atomic E-state index is 0.243. The van der Waals surface area contributed by atoms with Gasteiger partial charge in [0.15, 0.2) is 0 Å². The largest absolute Gasteiger partial charge is 0.444 e. The molecule has 1 heterocycles. The lowest BCUT2D eigenvalue weighted by Crippen LogP contribution is -2.58. The Labute approximate surface area is 153 Å². The fraction of sp³-hybridized carbons (Fsp3) is 0.579. The molecule has 0 saturated carbocycles. The van der Waals surface area contributed by atoms with Crippen molar-refractivity contribution in [1.29, 1.82) is 0 Å². The molecule has 1 aromatic carbocycles. The summed E-state index contributed by atoms with van der Waals surface area (Å²) in [6.45, 7) is 9.58. The molecule has 1 N–H and O–H groups in total. The standard InChI is InChI=1S/C19H27FN2O4/c1-18(2,3)26-17(24)21-19(4,5)16(23)22-9-10-25-15(12-22)13-7-6-8-14(20)11-13/h6-8,11,15H,9-10,12H2,1-5H3,(H,21,24). The summed E-state index contributed by atoms with van der Waals surface area (Å²) in [7, 11) is 0. The Morgan fingerprint density at radius 1 is 1.27 bits per heavy atom. The van der Waals surface area contributed by atoms with Crippen LogP contribution < -0.4 is 5.32 Å². The highest BCUT2D eigenvalue weighted by molar-refractivity contribution is 5.89. The molecule has 1 aromatic rings. The van der Waals surface area contributed by atoms with Crippen LogP contribution in [0.5, 0.6) is 0 Å². The second-order valence-corrected chi connectivity index (χ2v) is 7.92. The Hall–Kier alpha value is -2.15. The van der Waals surface area contributed by atoms with Gasteiger partial charge in [-0.05, 0) is 52.3 Å². The predicted molar refractivity (Wildman–Crippen MR) is 95.1 cm³/mol. The number of halogens is 1. The zero-order valence-electron chi connectivity index (χ0n) is 16.0. The minimum Gasteiger partial charge on any atom is -0.444 e. The second kappa shape index (κ2) is 7.61. The summed E-state index contributed by atoms with van der Waals surface area (Å²) in [4.78, 5) is 26.5. The number of hydrogen-bond acceptors (Lipinski definition) is 4. The van der Waals surface area contributed by atoms with Crippen molar-refractivity contribution in [3.8, 4) is 0 Å². The van der Waals surface area contributed by atoms with E-state index in [-0.39, 0.29) is 11.7 Å². The molecule has 1 fully saturated rings. The number of morpholine rings is 1. The highest BCUT2D eigenvalue weighted by atomic mass is 19.1. The number of carbonyl (C=O) groups excluding carboxylic acids is 2. The first kappa shape index (κ1) is 20.2. The molecule has 1 aliphatic rings. The first-order chi connectivity index (χ1) is 12.0. The number of rotatable bonds is 3. The maximum Gasteiger partial charge on any atom is 0.408 e. The molecule has 2 rings (SSSR count). The van der Waals surface area contributed by atoms with E-state index in [1.807, 2.05) is 0 Å². The van der Waals surface area contributed by atoms with E-state index in [1.165, 1.54) is 12.1 Å². The van der Waals surface area contributed by atoms with E-state index in [1.54, 1.807) is 51.7 Å². The van der Waals surface area contributed by atoms with Crippen LogP contribution in [0.25, 0.3) is 0 Å². The van der Waals surface area contributed by atoms with Crippen LogP contribution in [-0.4, -0.2) is 47.7 Å². The molecular weight excluding hydrogens is 339 g/mol. The van der Waals surface area contributed by atoms with Gasteiger partial charge in [0.05, 0.1) is 13.2 Å². The zero-order chi connectivity index (χ0) is 19.5. The third-order valence-corrected chi connectivity index (χ3v) is 3.92. The summed E-state index contributed by atoms with van der Waals surface area (Å²) in [6, 6.07) is 6.15. The second-order valence-electron chi connectivity index (χ2n) is 7.92. The third kappa shape index (κ3) is 5.42. The average Bonchev–Trinajstić information content (AvgIpc) is 2.52.